The van der Waals surface area contributed by atoms with Crippen molar-refractivity contribution in [3.8, 4) is 0 Å². The van der Waals surface area contributed by atoms with Crippen molar-refractivity contribution in [1.29, 1.82) is 0 Å². The van der Waals surface area contributed by atoms with E-state index in [0.717, 1.165) is 0 Å². The first-order valence-electron chi connectivity index (χ1n) is 5.79. The van der Waals surface area contributed by atoms with E-state index < -0.39 is 0 Å². The fourth-order valence-corrected chi connectivity index (χ4v) is 1.88. The molecular weight excluding hydrogens is 353 g/mol. The van der Waals surface area contributed by atoms with Crippen LogP contribution in [0.4, 0.5) is 0 Å². The van der Waals surface area contributed by atoms with Gasteiger partial charge in [0, 0.05) is 20.4 Å². The summed E-state index contributed by atoms with van der Waals surface area (Å²) in [5.74, 6) is 0. The Morgan fingerprint density at radius 2 is 1.11 bits per heavy atom. The van der Waals surface area contributed by atoms with E-state index in [0.29, 0.717) is 0 Å². The summed E-state index contributed by atoms with van der Waals surface area (Å²) in [6.07, 6.45) is 2.72. The zero-order chi connectivity index (χ0) is 13.9. The predicted molar refractivity (Wildman–Crippen MR) is 84.4 cm³/mol. The van der Waals surface area contributed by atoms with E-state index in [4.69, 9.17) is 0 Å². The third-order valence-corrected chi connectivity index (χ3v) is 3.02. The van der Waals surface area contributed by atoms with E-state index in [-0.39, 0.29) is 31.3 Å². The molecule has 0 aliphatic carbocycles. The summed E-state index contributed by atoms with van der Waals surface area (Å²) in [6, 6.07) is 6.87. The topological polar surface area (TPSA) is 0 Å². The molecule has 1 atom stereocenters. The Balaban J connectivity index is 0. The first kappa shape index (κ1) is 20.9. The molecule has 1 aromatic rings. The zero-order valence-corrected chi connectivity index (χ0v) is 15.7. The van der Waals surface area contributed by atoms with Gasteiger partial charge in [-0.1, -0.05) is 59.7 Å². The molecule has 0 saturated heterocycles. The van der Waals surface area contributed by atoms with E-state index in [1.807, 2.05) is 0 Å². The number of hydrogen-bond acceptors (Lipinski definition) is 0. The van der Waals surface area contributed by atoms with Crippen LogP contribution in [-0.2, 0) is 31.3 Å². The minimum absolute atomic E-state index is 0. The molecule has 0 N–H and O–H groups in total. The molecular formula is C15H25ClPPd-. The molecule has 0 radical (unpaired) electrons. The molecule has 0 saturated carbocycles. The van der Waals surface area contributed by atoms with Gasteiger partial charge >= 0.3 is 0 Å². The van der Waals surface area contributed by atoms with Crippen LogP contribution in [0.2, 0.25) is 0 Å². The second-order valence-corrected chi connectivity index (χ2v) is 7.01. The Kier molecular flexibility index (Phi) is 9.31. The van der Waals surface area contributed by atoms with Gasteiger partial charge in [-0.25, -0.2) is 0 Å². The first-order valence-corrected chi connectivity index (χ1v) is 6.90. The molecule has 108 valence electrons. The Labute approximate surface area is 134 Å². The van der Waals surface area contributed by atoms with Crippen LogP contribution in [0, 0.1) is 6.38 Å². The van der Waals surface area contributed by atoms with Gasteiger partial charge in [0.2, 0.25) is 0 Å². The van der Waals surface area contributed by atoms with Gasteiger partial charge in [0.05, 0.1) is 0 Å². The van der Waals surface area contributed by atoms with Crippen molar-refractivity contribution in [3.63, 3.8) is 0 Å². The SMILES string of the molecule is CC(C)(C)c1cc(P)cc(C(C)(C)C)c1.[CH2-]Cl.[Pd]. The van der Waals surface area contributed by atoms with Crippen molar-refractivity contribution in [1.82, 2.24) is 0 Å². The second kappa shape index (κ2) is 8.02. The van der Waals surface area contributed by atoms with Gasteiger partial charge < -0.3 is 11.6 Å². The van der Waals surface area contributed by atoms with Crippen molar-refractivity contribution >= 4 is 26.1 Å². The third kappa shape index (κ3) is 6.68. The number of benzene rings is 1. The van der Waals surface area contributed by atoms with E-state index in [1.165, 1.54) is 16.4 Å². The maximum atomic E-state index is 4.39. The van der Waals surface area contributed by atoms with Crippen molar-refractivity contribution in [2.75, 3.05) is 0 Å². The Hall–Kier alpha value is 0.602. The van der Waals surface area contributed by atoms with Crippen LogP contribution < -0.4 is 5.30 Å². The molecule has 0 heterocycles. The van der Waals surface area contributed by atoms with Crippen molar-refractivity contribution in [2.45, 2.75) is 52.4 Å². The maximum absolute atomic E-state index is 4.39. The van der Waals surface area contributed by atoms with E-state index >= 15 is 0 Å². The average Bonchev–Trinajstić information content (AvgIpc) is 2.17. The normalized spacial score (nSPS) is 11.2. The summed E-state index contributed by atoms with van der Waals surface area (Å²) in [5.41, 5.74) is 3.29. The summed E-state index contributed by atoms with van der Waals surface area (Å²) >= 11 is 4.39. The molecule has 0 fully saturated rings. The third-order valence-electron chi connectivity index (χ3n) is 2.69. The van der Waals surface area contributed by atoms with Crippen molar-refractivity contribution in [2.24, 2.45) is 0 Å². The Bertz CT molecular complexity index is 329. The molecule has 18 heavy (non-hydrogen) atoms. The summed E-state index contributed by atoms with van der Waals surface area (Å²) in [7, 11) is 2.81. The molecule has 1 aromatic carbocycles. The second-order valence-electron chi connectivity index (χ2n) is 6.34. The summed E-state index contributed by atoms with van der Waals surface area (Å²) in [5, 5.41) is 1.28. The number of halogens is 1. The molecule has 1 rings (SSSR count). The fourth-order valence-electron chi connectivity index (χ4n) is 1.52. The van der Waals surface area contributed by atoms with Gasteiger partial charge in [-0.2, -0.15) is 0 Å². The van der Waals surface area contributed by atoms with Crippen LogP contribution in [0.15, 0.2) is 18.2 Å². The number of rotatable bonds is 0. The molecule has 3 heteroatoms. The average molecular weight is 378 g/mol. The Morgan fingerprint density at radius 3 is 1.33 bits per heavy atom. The standard InChI is InChI=1S/C14H23P.CH2Cl.Pd/c1-13(2,3)10-7-11(14(4,5)6)9-12(15)8-10;1-2;/h7-9H,15H2,1-6H3;1H2;/q;-1;. The summed E-state index contributed by atoms with van der Waals surface area (Å²) in [4.78, 5) is 0. The van der Waals surface area contributed by atoms with Gasteiger partial charge in [-0.15, -0.1) is 9.24 Å². The molecule has 0 amide bonds. The number of hydrogen-bond donors (Lipinski definition) is 0. The summed E-state index contributed by atoms with van der Waals surface area (Å²) < 4.78 is 0. The molecule has 0 aliphatic heterocycles. The van der Waals surface area contributed by atoms with Crippen LogP contribution in [0.25, 0.3) is 0 Å². The maximum Gasteiger partial charge on any atom is 0 e. The van der Waals surface area contributed by atoms with Crippen LogP contribution in [0.5, 0.6) is 0 Å². The summed E-state index contributed by atoms with van der Waals surface area (Å²) in [6.45, 7) is 13.6. The van der Waals surface area contributed by atoms with E-state index in [2.05, 4.69) is 87.0 Å². The van der Waals surface area contributed by atoms with Gasteiger partial charge in [0.25, 0.3) is 0 Å². The van der Waals surface area contributed by atoms with E-state index in [1.54, 1.807) is 0 Å². The van der Waals surface area contributed by atoms with Crippen molar-refractivity contribution < 1.29 is 20.4 Å². The van der Waals surface area contributed by atoms with Crippen LogP contribution in [-0.4, -0.2) is 0 Å². The van der Waals surface area contributed by atoms with Crippen LogP contribution >= 0.6 is 20.8 Å². The van der Waals surface area contributed by atoms with Crippen LogP contribution in [0.3, 0.4) is 0 Å². The zero-order valence-electron chi connectivity index (χ0n) is 12.2. The van der Waals surface area contributed by atoms with Gasteiger partial charge in [0.1, 0.15) is 0 Å². The fraction of sp³-hybridized carbons (Fsp3) is 0.533. The van der Waals surface area contributed by atoms with Gasteiger partial charge in [0.15, 0.2) is 0 Å². The van der Waals surface area contributed by atoms with Gasteiger partial charge in [-0.05, 0) is 27.3 Å². The molecule has 0 aliphatic rings. The Morgan fingerprint density at radius 1 is 0.833 bits per heavy atom. The first-order chi connectivity index (χ1) is 7.60. The minimum atomic E-state index is 0. The quantitative estimate of drug-likeness (QED) is 0.346. The van der Waals surface area contributed by atoms with E-state index in [9.17, 15) is 0 Å². The largest absolute Gasteiger partial charge is 0.352 e. The monoisotopic (exact) mass is 377 g/mol. The molecule has 0 nitrogen and oxygen atoms in total. The predicted octanol–water partition coefficient (Wildman–Crippen LogP) is 4.80. The molecule has 0 spiro atoms. The molecule has 0 aromatic heterocycles. The van der Waals surface area contributed by atoms with Gasteiger partial charge in [-0.3, -0.25) is 6.38 Å². The molecule has 1 unspecified atom stereocenters. The smallest absolute Gasteiger partial charge is 0 e. The minimum Gasteiger partial charge on any atom is -0.352 e. The van der Waals surface area contributed by atoms with Crippen LogP contribution in [0.1, 0.15) is 52.7 Å². The molecule has 0 bridgehead atoms. The van der Waals surface area contributed by atoms with Crippen molar-refractivity contribution in [3.05, 3.63) is 35.7 Å².